The summed E-state index contributed by atoms with van der Waals surface area (Å²) in [6.45, 7) is -2.61. The topological polar surface area (TPSA) is 42.7 Å². The number of carbonyl (C=O) groups excluding carboxylic acids is 1. The van der Waals surface area contributed by atoms with Crippen LogP contribution in [0.15, 0.2) is 45.9 Å². The number of benzene rings is 1. The van der Waals surface area contributed by atoms with Crippen LogP contribution in [0.5, 0.6) is 5.75 Å². The van der Waals surface area contributed by atoms with Crippen molar-refractivity contribution in [2.45, 2.75) is 18.2 Å². The van der Waals surface area contributed by atoms with Crippen molar-refractivity contribution in [3.8, 4) is 5.75 Å². The molecule has 0 spiro atoms. The molecule has 2 aromatic rings. The third-order valence-electron chi connectivity index (χ3n) is 2.88. The highest BCUT2D eigenvalue weighted by atomic mass is 32.2. The normalized spacial score (nSPS) is 10.8. The van der Waals surface area contributed by atoms with E-state index in [1.54, 1.807) is 31.3 Å². The molecule has 0 fully saturated rings. The molecule has 2 rings (SSSR count). The molecule has 0 atom stereocenters. The first kappa shape index (κ1) is 16.4. The fourth-order valence-corrected chi connectivity index (χ4v) is 2.28. The minimum Gasteiger partial charge on any atom is -0.445 e. The smallest absolute Gasteiger partial charge is 0.387 e. The van der Waals surface area contributed by atoms with Gasteiger partial charge in [-0.1, -0.05) is 23.9 Å². The van der Waals surface area contributed by atoms with Crippen LogP contribution < -0.4 is 4.74 Å². The Bertz CT molecular complexity index is 645. The van der Waals surface area contributed by atoms with Gasteiger partial charge in [0.2, 0.25) is 0 Å². The molecule has 0 aliphatic rings. The fourth-order valence-electron chi connectivity index (χ4n) is 1.90. The first-order valence-corrected chi connectivity index (χ1v) is 7.65. The van der Waals surface area contributed by atoms with Gasteiger partial charge in [-0.05, 0) is 36.1 Å². The number of carbonyl (C=O) groups is 1. The molecule has 0 saturated carbocycles. The zero-order valence-electron chi connectivity index (χ0n) is 12.1. The van der Waals surface area contributed by atoms with E-state index in [9.17, 15) is 13.6 Å². The fraction of sp³-hybridized carbons (Fsp3) is 0.267. The van der Waals surface area contributed by atoms with Gasteiger partial charge in [-0.25, -0.2) is 0 Å². The van der Waals surface area contributed by atoms with Gasteiger partial charge >= 0.3 is 6.61 Å². The highest BCUT2D eigenvalue weighted by molar-refractivity contribution is 7.98. The third kappa shape index (κ3) is 4.24. The summed E-state index contributed by atoms with van der Waals surface area (Å²) >= 11 is 1.41. The maximum Gasteiger partial charge on any atom is 0.387 e. The zero-order chi connectivity index (χ0) is 16.1. The van der Waals surface area contributed by atoms with Gasteiger partial charge in [-0.3, -0.25) is 4.79 Å². The Morgan fingerprint density at radius 2 is 2.14 bits per heavy atom. The van der Waals surface area contributed by atoms with Gasteiger partial charge in [-0.2, -0.15) is 8.78 Å². The average Bonchev–Trinajstić information content (AvgIpc) is 2.95. The molecule has 118 valence electrons. The molecular formula is C15H15F2NO3S. The van der Waals surface area contributed by atoms with E-state index < -0.39 is 6.61 Å². The Hall–Kier alpha value is -2.02. The lowest BCUT2D eigenvalue weighted by Gasteiger charge is -2.16. The van der Waals surface area contributed by atoms with Crippen molar-refractivity contribution in [3.63, 3.8) is 0 Å². The van der Waals surface area contributed by atoms with Gasteiger partial charge < -0.3 is 14.1 Å². The molecule has 0 saturated heterocycles. The lowest BCUT2D eigenvalue weighted by atomic mass is 10.2. The number of ether oxygens (including phenoxy) is 1. The van der Waals surface area contributed by atoms with Crippen molar-refractivity contribution in [1.29, 1.82) is 0 Å². The second-order valence-corrected chi connectivity index (χ2v) is 5.32. The summed E-state index contributed by atoms with van der Waals surface area (Å²) in [5.41, 5.74) is 0.686. The first-order valence-electron chi connectivity index (χ1n) is 6.42. The van der Waals surface area contributed by atoms with Crippen LogP contribution in [0.25, 0.3) is 0 Å². The molecule has 1 amide bonds. The molecular weight excluding hydrogens is 312 g/mol. The number of hydrogen-bond donors (Lipinski definition) is 0. The monoisotopic (exact) mass is 327 g/mol. The van der Waals surface area contributed by atoms with E-state index in [1.807, 2.05) is 6.26 Å². The van der Waals surface area contributed by atoms with Crippen LogP contribution >= 0.6 is 11.8 Å². The average molecular weight is 327 g/mol. The lowest BCUT2D eigenvalue weighted by molar-refractivity contribution is -0.0499. The van der Waals surface area contributed by atoms with Crippen LogP contribution in [0.4, 0.5) is 8.78 Å². The molecule has 0 unspecified atom stereocenters. The quantitative estimate of drug-likeness (QED) is 0.755. The molecule has 1 aromatic heterocycles. The summed E-state index contributed by atoms with van der Waals surface area (Å²) < 4.78 is 34.1. The van der Waals surface area contributed by atoms with Crippen molar-refractivity contribution >= 4 is 17.7 Å². The van der Waals surface area contributed by atoms with Gasteiger partial charge in [0.25, 0.3) is 5.91 Å². The molecule has 1 heterocycles. The maximum atomic E-state index is 12.2. The van der Waals surface area contributed by atoms with E-state index in [4.69, 9.17) is 4.42 Å². The zero-order valence-corrected chi connectivity index (χ0v) is 12.9. The molecule has 4 nitrogen and oxygen atoms in total. The number of nitrogens with zero attached hydrogens (tertiary/aromatic N) is 1. The first-order chi connectivity index (χ1) is 10.5. The highest BCUT2D eigenvalue weighted by Crippen LogP contribution is 2.20. The maximum absolute atomic E-state index is 12.2. The highest BCUT2D eigenvalue weighted by Gasteiger charge is 2.16. The molecule has 0 bridgehead atoms. The number of hydrogen-bond acceptors (Lipinski definition) is 4. The van der Waals surface area contributed by atoms with Gasteiger partial charge in [0.15, 0.2) is 10.9 Å². The summed E-state index contributed by atoms with van der Waals surface area (Å²) in [5.74, 6) is 0.0309. The summed E-state index contributed by atoms with van der Waals surface area (Å²) in [6, 6.07) is 9.59. The van der Waals surface area contributed by atoms with Crippen LogP contribution in [0.2, 0.25) is 0 Å². The van der Waals surface area contributed by atoms with Gasteiger partial charge in [0.05, 0.1) is 0 Å². The lowest BCUT2D eigenvalue weighted by Crippen LogP contribution is -2.25. The molecule has 22 heavy (non-hydrogen) atoms. The largest absolute Gasteiger partial charge is 0.445 e. The second-order valence-electron chi connectivity index (χ2n) is 4.51. The van der Waals surface area contributed by atoms with Crippen LogP contribution in [0.3, 0.4) is 0 Å². The molecule has 1 aromatic carbocycles. The summed E-state index contributed by atoms with van der Waals surface area (Å²) in [5, 5.41) is 0.657. The van der Waals surface area contributed by atoms with E-state index in [0.29, 0.717) is 10.7 Å². The van der Waals surface area contributed by atoms with Crippen LogP contribution in [-0.2, 0) is 6.54 Å². The van der Waals surface area contributed by atoms with Crippen molar-refractivity contribution in [1.82, 2.24) is 4.90 Å². The predicted molar refractivity (Wildman–Crippen MR) is 79.4 cm³/mol. The molecule has 0 aliphatic heterocycles. The Kier molecular flexibility index (Phi) is 5.43. The van der Waals surface area contributed by atoms with Crippen molar-refractivity contribution in [3.05, 3.63) is 47.7 Å². The summed E-state index contributed by atoms with van der Waals surface area (Å²) in [4.78, 5) is 13.7. The third-order valence-corrected chi connectivity index (χ3v) is 3.51. The molecule has 0 N–H and O–H groups in total. The van der Waals surface area contributed by atoms with E-state index in [-0.39, 0.29) is 24.0 Å². The van der Waals surface area contributed by atoms with Crippen LogP contribution in [0, 0.1) is 0 Å². The standard InChI is InChI=1S/C15H15F2NO3S/c1-18(14(19)12-6-7-13(21-12)22-2)9-10-4-3-5-11(8-10)20-15(16)17/h3-8,15H,9H2,1-2H3. The molecule has 0 radical (unpaired) electrons. The summed E-state index contributed by atoms with van der Waals surface area (Å²) in [6.07, 6.45) is 1.85. The Balaban J connectivity index is 2.04. The Labute approximate surface area is 131 Å². The van der Waals surface area contributed by atoms with Gasteiger partial charge in [0.1, 0.15) is 5.75 Å². The Morgan fingerprint density at radius 3 is 2.77 bits per heavy atom. The van der Waals surface area contributed by atoms with Crippen molar-refractivity contribution in [2.24, 2.45) is 0 Å². The second kappa shape index (κ2) is 7.31. The number of alkyl halides is 2. The number of furan rings is 1. The van der Waals surface area contributed by atoms with Crippen LogP contribution in [0.1, 0.15) is 16.1 Å². The summed E-state index contributed by atoms with van der Waals surface area (Å²) in [7, 11) is 1.62. The van der Waals surface area contributed by atoms with Crippen molar-refractivity contribution in [2.75, 3.05) is 13.3 Å². The molecule has 0 aliphatic carbocycles. The van der Waals surface area contributed by atoms with Gasteiger partial charge in [-0.15, -0.1) is 0 Å². The predicted octanol–water partition coefficient (Wildman–Crippen LogP) is 3.88. The van der Waals surface area contributed by atoms with E-state index >= 15 is 0 Å². The Morgan fingerprint density at radius 1 is 1.36 bits per heavy atom. The van der Waals surface area contributed by atoms with E-state index in [0.717, 1.165) is 0 Å². The number of rotatable bonds is 6. The minimum absolute atomic E-state index is 0.0658. The molecule has 7 heteroatoms. The number of thioether (sulfide) groups is 1. The van der Waals surface area contributed by atoms with E-state index in [1.165, 1.54) is 28.8 Å². The van der Waals surface area contributed by atoms with Gasteiger partial charge in [0, 0.05) is 13.6 Å². The van der Waals surface area contributed by atoms with Crippen molar-refractivity contribution < 1.29 is 22.7 Å². The number of amides is 1. The van der Waals surface area contributed by atoms with E-state index in [2.05, 4.69) is 4.74 Å². The van der Waals surface area contributed by atoms with Crippen LogP contribution in [-0.4, -0.2) is 30.7 Å². The number of halogens is 2. The minimum atomic E-state index is -2.87. The SMILES string of the molecule is CSc1ccc(C(=O)N(C)Cc2cccc(OC(F)F)c2)o1.